The van der Waals surface area contributed by atoms with Crippen molar-refractivity contribution >= 4 is 18.3 Å². The number of rotatable bonds is 6. The Morgan fingerprint density at radius 1 is 1.30 bits per heavy atom. The molecule has 1 aromatic rings. The van der Waals surface area contributed by atoms with Gasteiger partial charge in [-0.3, -0.25) is 4.79 Å². The van der Waals surface area contributed by atoms with E-state index in [-0.39, 0.29) is 24.4 Å². The third kappa shape index (κ3) is 5.51. The lowest BCUT2D eigenvalue weighted by Gasteiger charge is -2.26. The number of halogens is 1. The molecule has 114 valence electrons. The number of hydrogen-bond acceptors (Lipinski definition) is 2. The molecule has 0 aliphatic rings. The highest BCUT2D eigenvalue weighted by Gasteiger charge is 2.21. The van der Waals surface area contributed by atoms with Crippen LogP contribution in [0.25, 0.3) is 0 Å². The highest BCUT2D eigenvalue weighted by molar-refractivity contribution is 5.85. The molecule has 0 aliphatic carbocycles. The van der Waals surface area contributed by atoms with E-state index >= 15 is 0 Å². The molecule has 3 nitrogen and oxygen atoms in total. The molecule has 0 aliphatic heterocycles. The summed E-state index contributed by atoms with van der Waals surface area (Å²) in [4.78, 5) is 14.2. The summed E-state index contributed by atoms with van der Waals surface area (Å²) < 4.78 is 0. The Morgan fingerprint density at radius 3 is 2.40 bits per heavy atom. The summed E-state index contributed by atoms with van der Waals surface area (Å²) in [5.41, 5.74) is 8.40. The van der Waals surface area contributed by atoms with Crippen molar-refractivity contribution in [3.63, 3.8) is 0 Å². The second kappa shape index (κ2) is 8.98. The maximum Gasteiger partial charge on any atom is 0.239 e. The van der Waals surface area contributed by atoms with Crippen LogP contribution in [0.5, 0.6) is 0 Å². The summed E-state index contributed by atoms with van der Waals surface area (Å²) in [6.07, 6.45) is 0.739. The Balaban J connectivity index is 0.00000361. The van der Waals surface area contributed by atoms with Crippen molar-refractivity contribution in [2.45, 2.75) is 46.7 Å². The van der Waals surface area contributed by atoms with Gasteiger partial charge in [0.15, 0.2) is 0 Å². The highest BCUT2D eigenvalue weighted by atomic mass is 35.5. The van der Waals surface area contributed by atoms with Gasteiger partial charge in [0.2, 0.25) is 5.91 Å². The molecule has 0 fully saturated rings. The third-order valence-corrected chi connectivity index (χ3v) is 3.36. The fraction of sp³-hybridized carbons (Fsp3) is 0.562. The van der Waals surface area contributed by atoms with Gasteiger partial charge in [-0.25, -0.2) is 0 Å². The van der Waals surface area contributed by atoms with Gasteiger partial charge < -0.3 is 10.6 Å². The summed E-state index contributed by atoms with van der Waals surface area (Å²) >= 11 is 0. The van der Waals surface area contributed by atoms with Gasteiger partial charge in [-0.05, 0) is 37.3 Å². The minimum absolute atomic E-state index is 0. The monoisotopic (exact) mass is 298 g/mol. The molecule has 0 saturated carbocycles. The number of carbonyl (C=O) groups is 1. The van der Waals surface area contributed by atoms with E-state index in [1.807, 2.05) is 24.0 Å². The van der Waals surface area contributed by atoms with Crippen molar-refractivity contribution in [2.75, 3.05) is 6.54 Å². The summed E-state index contributed by atoms with van der Waals surface area (Å²) in [6, 6.07) is 7.78. The Bertz CT molecular complexity index is 421. The van der Waals surface area contributed by atoms with Gasteiger partial charge >= 0.3 is 0 Å². The molecule has 1 amide bonds. The Morgan fingerprint density at radius 2 is 1.90 bits per heavy atom. The zero-order valence-corrected chi connectivity index (χ0v) is 13.7. The zero-order valence-electron chi connectivity index (χ0n) is 12.9. The molecule has 0 aromatic heterocycles. The molecule has 1 atom stereocenters. The van der Waals surface area contributed by atoms with E-state index < -0.39 is 0 Å². The fourth-order valence-electron chi connectivity index (χ4n) is 2.18. The lowest BCUT2D eigenvalue weighted by molar-refractivity contribution is -0.133. The lowest BCUT2D eigenvalue weighted by Crippen LogP contribution is -2.44. The van der Waals surface area contributed by atoms with E-state index in [2.05, 4.69) is 32.9 Å². The molecule has 0 saturated heterocycles. The quantitative estimate of drug-likeness (QED) is 0.877. The van der Waals surface area contributed by atoms with Gasteiger partial charge in [-0.15, -0.1) is 12.4 Å². The van der Waals surface area contributed by atoms with Gasteiger partial charge in [0.25, 0.3) is 0 Å². The van der Waals surface area contributed by atoms with E-state index in [9.17, 15) is 4.79 Å². The van der Waals surface area contributed by atoms with Gasteiger partial charge in [0.1, 0.15) is 0 Å². The maximum atomic E-state index is 12.3. The molecular weight excluding hydrogens is 272 g/mol. The lowest BCUT2D eigenvalue weighted by atomic mass is 10.0. The summed E-state index contributed by atoms with van der Waals surface area (Å²) in [6.45, 7) is 9.59. The average Bonchev–Trinajstić information content (AvgIpc) is 2.36. The SMILES string of the molecule is CCN(Cc1ccccc1C)C(=O)[C@@H](N)CC(C)C.Cl. The molecule has 0 spiro atoms. The van der Waals surface area contributed by atoms with Crippen LogP contribution in [0.1, 0.15) is 38.3 Å². The molecule has 0 radical (unpaired) electrons. The van der Waals surface area contributed by atoms with Crippen molar-refractivity contribution in [1.82, 2.24) is 4.90 Å². The largest absolute Gasteiger partial charge is 0.337 e. The number of aryl methyl sites for hydroxylation is 1. The van der Waals surface area contributed by atoms with Crippen LogP contribution in [0.3, 0.4) is 0 Å². The smallest absolute Gasteiger partial charge is 0.239 e. The third-order valence-electron chi connectivity index (χ3n) is 3.36. The molecular formula is C16H27ClN2O. The number of amides is 1. The van der Waals surface area contributed by atoms with Crippen molar-refractivity contribution in [1.29, 1.82) is 0 Å². The summed E-state index contributed by atoms with van der Waals surface area (Å²) in [5.74, 6) is 0.496. The van der Waals surface area contributed by atoms with Crippen LogP contribution in [0.4, 0.5) is 0 Å². The Hall–Kier alpha value is -1.06. The Labute approximate surface area is 128 Å². The van der Waals surface area contributed by atoms with Crippen LogP contribution in [0.15, 0.2) is 24.3 Å². The van der Waals surface area contributed by atoms with Crippen molar-refractivity contribution < 1.29 is 4.79 Å². The second-order valence-corrected chi connectivity index (χ2v) is 5.51. The molecule has 0 unspecified atom stereocenters. The summed E-state index contributed by atoms with van der Waals surface area (Å²) in [7, 11) is 0. The molecule has 1 aromatic carbocycles. The number of nitrogens with zero attached hydrogens (tertiary/aromatic N) is 1. The zero-order chi connectivity index (χ0) is 14.4. The first-order chi connectivity index (χ1) is 8.95. The molecule has 4 heteroatoms. The first-order valence-corrected chi connectivity index (χ1v) is 7.04. The van der Waals surface area contributed by atoms with E-state index in [0.29, 0.717) is 19.0 Å². The van der Waals surface area contributed by atoms with E-state index in [0.717, 1.165) is 6.42 Å². The van der Waals surface area contributed by atoms with Gasteiger partial charge in [-0.1, -0.05) is 38.1 Å². The Kier molecular flexibility index (Phi) is 8.51. The predicted molar refractivity (Wildman–Crippen MR) is 86.9 cm³/mol. The number of benzene rings is 1. The standard InChI is InChI=1S/C16H26N2O.ClH/c1-5-18(16(19)15(17)10-12(2)3)11-14-9-7-6-8-13(14)4;/h6-9,12,15H,5,10-11,17H2,1-4H3;1H/t15-;/m0./s1. The predicted octanol–water partition coefficient (Wildman–Crippen LogP) is 3.14. The van der Waals surface area contributed by atoms with Gasteiger partial charge in [0, 0.05) is 13.1 Å². The fourth-order valence-corrected chi connectivity index (χ4v) is 2.18. The summed E-state index contributed by atoms with van der Waals surface area (Å²) in [5, 5.41) is 0. The first-order valence-electron chi connectivity index (χ1n) is 7.04. The number of hydrogen-bond donors (Lipinski definition) is 1. The normalized spacial score (nSPS) is 11.9. The number of carbonyl (C=O) groups excluding carboxylic acids is 1. The molecule has 0 heterocycles. The first kappa shape index (κ1) is 18.9. The van der Waals surface area contributed by atoms with Crippen LogP contribution >= 0.6 is 12.4 Å². The molecule has 1 rings (SSSR count). The number of likely N-dealkylation sites (N-methyl/N-ethyl adjacent to an activating group) is 1. The van der Waals surface area contributed by atoms with Crippen molar-refractivity contribution in [3.05, 3.63) is 35.4 Å². The average molecular weight is 299 g/mol. The van der Waals surface area contributed by atoms with Gasteiger partial charge in [-0.2, -0.15) is 0 Å². The minimum atomic E-state index is -0.385. The van der Waals surface area contributed by atoms with E-state index in [1.54, 1.807) is 0 Å². The maximum absolute atomic E-state index is 12.3. The topological polar surface area (TPSA) is 46.3 Å². The number of nitrogens with two attached hydrogens (primary N) is 1. The molecule has 2 N–H and O–H groups in total. The van der Waals surface area contributed by atoms with Crippen LogP contribution in [-0.2, 0) is 11.3 Å². The minimum Gasteiger partial charge on any atom is -0.337 e. The van der Waals surface area contributed by atoms with Crippen molar-refractivity contribution in [2.24, 2.45) is 11.7 Å². The van der Waals surface area contributed by atoms with E-state index in [4.69, 9.17) is 5.73 Å². The van der Waals surface area contributed by atoms with Gasteiger partial charge in [0.05, 0.1) is 6.04 Å². The van der Waals surface area contributed by atoms with E-state index in [1.165, 1.54) is 11.1 Å². The molecule has 0 bridgehead atoms. The van der Waals surface area contributed by atoms with Crippen LogP contribution in [-0.4, -0.2) is 23.4 Å². The molecule has 20 heavy (non-hydrogen) atoms. The van der Waals surface area contributed by atoms with Crippen LogP contribution < -0.4 is 5.73 Å². The second-order valence-electron chi connectivity index (χ2n) is 5.51. The highest BCUT2D eigenvalue weighted by Crippen LogP contribution is 2.12. The van der Waals surface area contributed by atoms with Crippen LogP contribution in [0, 0.1) is 12.8 Å². The van der Waals surface area contributed by atoms with Crippen molar-refractivity contribution in [3.8, 4) is 0 Å². The van der Waals surface area contributed by atoms with Crippen LogP contribution in [0.2, 0.25) is 0 Å².